The number of hydrogen-bond acceptors (Lipinski definition) is 2. The van der Waals surface area contributed by atoms with E-state index in [4.69, 9.17) is 28.9 Å². The Morgan fingerprint density at radius 2 is 1.81 bits per heavy atom. The molecule has 2 N–H and O–H groups in total. The minimum absolute atomic E-state index is 0.187. The number of halogens is 2. The van der Waals surface area contributed by atoms with Gasteiger partial charge < -0.3 is 5.73 Å². The quantitative estimate of drug-likeness (QED) is 0.755. The second kappa shape index (κ2) is 6.02. The largest absolute Gasteiger partial charge is 0.322 e. The van der Waals surface area contributed by atoms with E-state index in [-0.39, 0.29) is 6.04 Å². The van der Waals surface area contributed by atoms with Crippen molar-refractivity contribution in [3.8, 4) is 0 Å². The summed E-state index contributed by atoms with van der Waals surface area (Å²) < 4.78 is 0. The molecule has 0 spiro atoms. The van der Waals surface area contributed by atoms with Crippen LogP contribution in [0.15, 0.2) is 54.7 Å². The van der Waals surface area contributed by atoms with Crippen molar-refractivity contribution in [1.82, 2.24) is 4.98 Å². The highest BCUT2D eigenvalue weighted by Gasteiger charge is 2.12. The molecule has 1 unspecified atom stereocenters. The number of aromatic nitrogens is 1. The number of nitrogens with two attached hydrogens (primary N) is 1. The molecular weight excluding hydrogens is 303 g/mol. The van der Waals surface area contributed by atoms with Crippen LogP contribution >= 0.6 is 23.2 Å². The van der Waals surface area contributed by atoms with Gasteiger partial charge in [0, 0.05) is 11.6 Å². The molecule has 0 aliphatic heterocycles. The molecule has 1 heterocycles. The van der Waals surface area contributed by atoms with Crippen LogP contribution in [0.2, 0.25) is 10.0 Å². The Balaban J connectivity index is 1.93. The minimum Gasteiger partial charge on any atom is -0.322 e. The lowest BCUT2D eigenvalue weighted by Crippen LogP contribution is -2.15. The molecular formula is C17H14Cl2N2. The molecule has 0 radical (unpaired) electrons. The molecule has 21 heavy (non-hydrogen) atoms. The van der Waals surface area contributed by atoms with E-state index in [2.05, 4.69) is 11.1 Å². The lowest BCUT2D eigenvalue weighted by Gasteiger charge is -2.14. The van der Waals surface area contributed by atoms with Gasteiger partial charge in [-0.05, 0) is 35.6 Å². The van der Waals surface area contributed by atoms with Gasteiger partial charge >= 0.3 is 0 Å². The lowest BCUT2D eigenvalue weighted by atomic mass is 9.99. The van der Waals surface area contributed by atoms with Crippen LogP contribution in [0.5, 0.6) is 0 Å². The first-order valence-electron chi connectivity index (χ1n) is 6.68. The maximum atomic E-state index is 6.34. The van der Waals surface area contributed by atoms with E-state index in [9.17, 15) is 0 Å². The van der Waals surface area contributed by atoms with Crippen LogP contribution in [-0.2, 0) is 6.42 Å². The molecule has 0 bridgehead atoms. The van der Waals surface area contributed by atoms with Crippen LogP contribution in [0.3, 0.4) is 0 Å². The third-order valence-corrected chi connectivity index (χ3v) is 4.23. The third kappa shape index (κ3) is 3.03. The highest BCUT2D eigenvalue weighted by atomic mass is 35.5. The summed E-state index contributed by atoms with van der Waals surface area (Å²) >= 11 is 12.0. The molecule has 0 saturated carbocycles. The summed E-state index contributed by atoms with van der Waals surface area (Å²) in [5, 5.41) is 3.34. The van der Waals surface area contributed by atoms with Crippen molar-refractivity contribution >= 4 is 34.0 Å². The predicted octanol–water partition coefficient (Wildman–Crippen LogP) is 4.78. The summed E-state index contributed by atoms with van der Waals surface area (Å²) in [6.07, 6.45) is 2.46. The lowest BCUT2D eigenvalue weighted by molar-refractivity contribution is 0.704. The minimum atomic E-state index is -0.187. The number of benzene rings is 2. The fraction of sp³-hybridized carbons (Fsp3) is 0.118. The zero-order valence-electron chi connectivity index (χ0n) is 11.3. The highest BCUT2D eigenvalue weighted by Crippen LogP contribution is 2.26. The zero-order valence-corrected chi connectivity index (χ0v) is 12.8. The topological polar surface area (TPSA) is 38.9 Å². The molecule has 0 saturated heterocycles. The van der Waals surface area contributed by atoms with Crippen molar-refractivity contribution in [2.45, 2.75) is 12.5 Å². The van der Waals surface area contributed by atoms with Crippen LogP contribution in [0.25, 0.3) is 10.8 Å². The highest BCUT2D eigenvalue weighted by molar-refractivity contribution is 6.42. The summed E-state index contributed by atoms with van der Waals surface area (Å²) in [5.41, 5.74) is 8.29. The molecule has 1 atom stereocenters. The van der Waals surface area contributed by atoms with E-state index >= 15 is 0 Å². The molecule has 2 nitrogen and oxygen atoms in total. The average Bonchev–Trinajstić information content (AvgIpc) is 2.50. The SMILES string of the molecule is NC(Cc1ccc(Cl)c(Cl)c1)c1nccc2ccccc12. The first-order valence-corrected chi connectivity index (χ1v) is 7.44. The van der Waals surface area contributed by atoms with Gasteiger partial charge in [-0.1, -0.05) is 53.5 Å². The molecule has 4 heteroatoms. The van der Waals surface area contributed by atoms with Crippen LogP contribution < -0.4 is 5.73 Å². The first-order chi connectivity index (χ1) is 10.1. The zero-order chi connectivity index (χ0) is 14.8. The second-order valence-corrected chi connectivity index (χ2v) is 5.79. The Labute approximate surface area is 133 Å². The normalized spacial score (nSPS) is 12.5. The second-order valence-electron chi connectivity index (χ2n) is 4.98. The molecule has 1 aromatic heterocycles. The Hall–Kier alpha value is -1.61. The van der Waals surface area contributed by atoms with Gasteiger partial charge in [0.05, 0.1) is 21.8 Å². The van der Waals surface area contributed by atoms with Crippen molar-refractivity contribution in [3.63, 3.8) is 0 Å². The maximum absolute atomic E-state index is 6.34. The van der Waals surface area contributed by atoms with E-state index in [1.165, 1.54) is 0 Å². The Morgan fingerprint density at radius 3 is 2.62 bits per heavy atom. The van der Waals surface area contributed by atoms with Gasteiger partial charge in [0.15, 0.2) is 0 Å². The molecule has 0 fully saturated rings. The molecule has 0 aliphatic rings. The summed E-state index contributed by atoms with van der Waals surface area (Å²) in [4.78, 5) is 4.46. The van der Waals surface area contributed by atoms with Crippen LogP contribution in [0.4, 0.5) is 0 Å². The summed E-state index contributed by atoms with van der Waals surface area (Å²) in [6.45, 7) is 0. The molecule has 0 amide bonds. The van der Waals surface area contributed by atoms with Gasteiger partial charge in [-0.3, -0.25) is 4.98 Å². The number of fused-ring (bicyclic) bond motifs is 1. The van der Waals surface area contributed by atoms with Gasteiger partial charge in [0.1, 0.15) is 0 Å². The monoisotopic (exact) mass is 316 g/mol. The van der Waals surface area contributed by atoms with Gasteiger partial charge in [0.2, 0.25) is 0 Å². The molecule has 0 aliphatic carbocycles. The van der Waals surface area contributed by atoms with Crippen LogP contribution in [0, 0.1) is 0 Å². The van der Waals surface area contributed by atoms with E-state index in [1.807, 2.05) is 36.4 Å². The summed E-state index contributed by atoms with van der Waals surface area (Å²) in [5.74, 6) is 0. The summed E-state index contributed by atoms with van der Waals surface area (Å²) in [6, 6.07) is 15.5. The van der Waals surface area contributed by atoms with Crippen molar-refractivity contribution in [2.24, 2.45) is 5.73 Å². The Kier molecular flexibility index (Phi) is 4.11. The van der Waals surface area contributed by atoms with Crippen LogP contribution in [0.1, 0.15) is 17.3 Å². The number of nitrogens with zero attached hydrogens (tertiary/aromatic N) is 1. The third-order valence-electron chi connectivity index (χ3n) is 3.50. The van der Waals surface area contributed by atoms with E-state index < -0.39 is 0 Å². The van der Waals surface area contributed by atoms with Crippen LogP contribution in [-0.4, -0.2) is 4.98 Å². The summed E-state index contributed by atoms with van der Waals surface area (Å²) in [7, 11) is 0. The molecule has 2 aromatic carbocycles. The Morgan fingerprint density at radius 1 is 1.00 bits per heavy atom. The molecule has 106 valence electrons. The first kappa shape index (κ1) is 14.3. The van der Waals surface area contributed by atoms with E-state index in [0.717, 1.165) is 22.0 Å². The predicted molar refractivity (Wildman–Crippen MR) is 88.8 cm³/mol. The number of hydrogen-bond donors (Lipinski definition) is 1. The molecule has 3 aromatic rings. The fourth-order valence-electron chi connectivity index (χ4n) is 2.46. The van der Waals surface area contributed by atoms with Crippen molar-refractivity contribution < 1.29 is 0 Å². The van der Waals surface area contributed by atoms with Gasteiger partial charge in [0.25, 0.3) is 0 Å². The molecule has 3 rings (SSSR count). The van der Waals surface area contributed by atoms with E-state index in [1.54, 1.807) is 12.3 Å². The van der Waals surface area contributed by atoms with Gasteiger partial charge in [-0.25, -0.2) is 0 Å². The van der Waals surface area contributed by atoms with Crippen molar-refractivity contribution in [2.75, 3.05) is 0 Å². The van der Waals surface area contributed by atoms with Gasteiger partial charge in [-0.15, -0.1) is 0 Å². The van der Waals surface area contributed by atoms with E-state index in [0.29, 0.717) is 16.5 Å². The maximum Gasteiger partial charge on any atom is 0.0652 e. The number of rotatable bonds is 3. The smallest absolute Gasteiger partial charge is 0.0652 e. The number of pyridine rings is 1. The standard InChI is InChI=1S/C17H14Cl2N2/c18-14-6-5-11(9-15(14)19)10-16(20)17-13-4-2-1-3-12(13)7-8-21-17/h1-9,16H,10,20H2. The van der Waals surface area contributed by atoms with Gasteiger partial charge in [-0.2, -0.15) is 0 Å². The fourth-order valence-corrected chi connectivity index (χ4v) is 2.78. The average molecular weight is 317 g/mol. The Bertz CT molecular complexity index is 781. The van der Waals surface area contributed by atoms with Crippen molar-refractivity contribution in [1.29, 1.82) is 0 Å². The van der Waals surface area contributed by atoms with Crippen molar-refractivity contribution in [3.05, 3.63) is 76.0 Å².